The van der Waals surface area contributed by atoms with Gasteiger partial charge in [-0.2, -0.15) is 0 Å². The van der Waals surface area contributed by atoms with E-state index in [0.29, 0.717) is 0 Å². The Kier molecular flexibility index (Phi) is 32.0. The molecule has 0 aromatic heterocycles. The molecule has 0 nitrogen and oxygen atoms in total. The van der Waals surface area contributed by atoms with Crippen LogP contribution >= 0.6 is 0 Å². The molecule has 0 aliphatic rings. The summed E-state index contributed by atoms with van der Waals surface area (Å²) in [6, 6.07) is 0. The second-order valence-electron chi connectivity index (χ2n) is 13.0. The van der Waals surface area contributed by atoms with E-state index in [4.69, 9.17) is 0 Å². The quantitative estimate of drug-likeness (QED) is 0.0512. The summed E-state index contributed by atoms with van der Waals surface area (Å²) in [5.74, 6) is 0. The molecular formula is C36H77Sb. The molecule has 0 saturated carbocycles. The molecule has 0 atom stereocenters. The molecule has 0 N–H and O–H groups in total. The van der Waals surface area contributed by atoms with Crippen molar-refractivity contribution in [3.05, 3.63) is 0 Å². The summed E-state index contributed by atoms with van der Waals surface area (Å²) in [6.45, 7) is 9.39. The second kappa shape index (κ2) is 31.3. The predicted molar refractivity (Wildman–Crippen MR) is 178 cm³/mol. The van der Waals surface area contributed by atoms with Crippen LogP contribution in [0.15, 0.2) is 0 Å². The molecule has 0 radical (unpaired) electrons. The molecular weight excluding hydrogens is 554 g/mol. The van der Waals surface area contributed by atoms with Crippen LogP contribution < -0.4 is 0 Å². The van der Waals surface area contributed by atoms with Gasteiger partial charge in [0, 0.05) is 0 Å². The van der Waals surface area contributed by atoms with Crippen molar-refractivity contribution in [1.29, 1.82) is 0 Å². The van der Waals surface area contributed by atoms with Crippen molar-refractivity contribution < 1.29 is 0 Å². The first-order valence-corrected chi connectivity index (χ1v) is 26.3. The fraction of sp³-hybridized carbons (Fsp3) is 1.00. The molecule has 226 valence electrons. The van der Waals surface area contributed by atoms with Crippen molar-refractivity contribution in [2.75, 3.05) is 0 Å². The molecule has 0 rings (SSSR count). The maximum absolute atomic E-state index is 2.35. The van der Waals surface area contributed by atoms with E-state index in [1.54, 1.807) is 68.8 Å². The molecule has 0 aliphatic heterocycles. The van der Waals surface area contributed by atoms with Crippen molar-refractivity contribution in [1.82, 2.24) is 0 Å². The molecule has 0 fully saturated rings. The average molecular weight is 632 g/mol. The van der Waals surface area contributed by atoms with Crippen LogP contribution in [0.2, 0.25) is 17.5 Å². The summed E-state index contributed by atoms with van der Waals surface area (Å²) in [5.41, 5.74) is 0. The van der Waals surface area contributed by atoms with Crippen LogP contribution in [-0.4, -0.2) is 18.8 Å². The first-order chi connectivity index (χ1) is 18.2. The van der Waals surface area contributed by atoms with E-state index in [9.17, 15) is 0 Å². The monoisotopic (exact) mass is 631 g/mol. The topological polar surface area (TPSA) is 0 Å². The van der Waals surface area contributed by atoms with Gasteiger partial charge in [-0.05, 0) is 0 Å². The molecule has 0 heterocycles. The normalized spacial score (nSPS) is 12.4. The number of unbranched alkanes of at least 4 members (excludes halogenated alkanes) is 24. The fourth-order valence-corrected chi connectivity index (χ4v) is 22.3. The van der Waals surface area contributed by atoms with E-state index in [1.165, 1.54) is 128 Å². The van der Waals surface area contributed by atoms with Gasteiger partial charge in [0.15, 0.2) is 0 Å². The van der Waals surface area contributed by atoms with Gasteiger partial charge in [0.05, 0.1) is 0 Å². The van der Waals surface area contributed by atoms with Gasteiger partial charge >= 0.3 is 244 Å². The molecule has 0 saturated heterocycles. The van der Waals surface area contributed by atoms with E-state index in [-0.39, 0.29) is 0 Å². The van der Waals surface area contributed by atoms with Crippen LogP contribution in [0.3, 0.4) is 0 Å². The van der Waals surface area contributed by atoms with Crippen LogP contribution in [0.5, 0.6) is 0 Å². The Bertz CT molecular complexity index is 326. The van der Waals surface area contributed by atoms with Gasteiger partial charge in [-0.1, -0.05) is 0 Å². The van der Waals surface area contributed by atoms with Gasteiger partial charge in [0.1, 0.15) is 0 Å². The molecule has 1 heteroatoms. The van der Waals surface area contributed by atoms with Crippen molar-refractivity contribution in [2.24, 2.45) is 0 Å². The molecule has 0 aliphatic carbocycles. The minimum atomic E-state index is -2.01. The number of hydrogen-bond acceptors (Lipinski definition) is 0. The molecule has 0 unspecified atom stereocenters. The average Bonchev–Trinajstić information content (AvgIpc) is 2.91. The third-order valence-electron chi connectivity index (χ3n) is 9.24. The molecule has 0 aromatic carbocycles. The van der Waals surface area contributed by atoms with Gasteiger partial charge in [0.2, 0.25) is 0 Å². The first kappa shape index (κ1) is 37.8. The third-order valence-corrected chi connectivity index (χ3v) is 25.4. The minimum absolute atomic E-state index is 1.38. The van der Waals surface area contributed by atoms with Gasteiger partial charge in [-0.3, -0.25) is 0 Å². The third kappa shape index (κ3) is 26.8. The Morgan fingerprint density at radius 1 is 0.216 bits per heavy atom. The predicted octanol–water partition coefficient (Wildman–Crippen LogP) is 14.2. The number of hydrogen-bond donors (Lipinski definition) is 0. The number of rotatable bonds is 32. The van der Waals surface area contributed by atoms with E-state index in [2.05, 4.69) is 27.7 Å². The Morgan fingerprint density at radius 2 is 0.378 bits per heavy atom. The van der Waals surface area contributed by atoms with E-state index >= 15 is 0 Å². The Labute approximate surface area is 242 Å². The zero-order valence-electron chi connectivity index (χ0n) is 27.1. The maximum atomic E-state index is 2.35. The van der Waals surface area contributed by atoms with Gasteiger partial charge in [0.25, 0.3) is 0 Å². The van der Waals surface area contributed by atoms with Crippen LogP contribution in [-0.2, 0) is 0 Å². The Balaban J connectivity index is 4.78. The van der Waals surface area contributed by atoms with Crippen LogP contribution in [0, 0.1) is 0 Å². The fourth-order valence-electron chi connectivity index (χ4n) is 6.58. The summed E-state index contributed by atoms with van der Waals surface area (Å²) in [6.07, 6.45) is 42.0. The van der Waals surface area contributed by atoms with Gasteiger partial charge in [-0.25, -0.2) is 0 Å². The summed E-state index contributed by atoms with van der Waals surface area (Å²) >= 11 is -2.01. The molecule has 0 bridgehead atoms. The van der Waals surface area contributed by atoms with E-state index < -0.39 is 18.8 Å². The summed E-state index contributed by atoms with van der Waals surface area (Å²) in [7, 11) is 0. The Hall–Kier alpha value is 0.818. The van der Waals surface area contributed by atoms with Crippen molar-refractivity contribution in [3.63, 3.8) is 0 Å². The standard InChI is InChI=1S/4C9H19.Sb.H/c4*1-3-5-7-9-8-6-4-2;;/h4*1,3-9H2,2H3;;. The van der Waals surface area contributed by atoms with E-state index in [0.717, 1.165) is 0 Å². The van der Waals surface area contributed by atoms with Gasteiger partial charge < -0.3 is 0 Å². The summed E-state index contributed by atoms with van der Waals surface area (Å²) in [4.78, 5) is 0. The van der Waals surface area contributed by atoms with Crippen LogP contribution in [0.25, 0.3) is 0 Å². The first-order valence-electron chi connectivity index (χ1n) is 18.2. The molecule has 0 spiro atoms. The molecule has 0 aromatic rings. The van der Waals surface area contributed by atoms with Crippen LogP contribution in [0.1, 0.15) is 207 Å². The van der Waals surface area contributed by atoms with Gasteiger partial charge in [-0.15, -0.1) is 0 Å². The zero-order valence-corrected chi connectivity index (χ0v) is 30.0. The SMILES string of the molecule is CCCCCCCC[CH2][SbH]([CH2]CCCCCCCC)([CH2]CCCCCCCC)[CH2]CCCCCCCC. The van der Waals surface area contributed by atoms with Crippen molar-refractivity contribution in [3.8, 4) is 0 Å². The summed E-state index contributed by atoms with van der Waals surface area (Å²) in [5, 5.41) is 0. The van der Waals surface area contributed by atoms with E-state index in [1.807, 2.05) is 0 Å². The summed E-state index contributed by atoms with van der Waals surface area (Å²) < 4.78 is 7.02. The second-order valence-corrected chi connectivity index (χ2v) is 27.3. The van der Waals surface area contributed by atoms with Crippen molar-refractivity contribution >= 4 is 18.8 Å². The molecule has 0 amide bonds. The van der Waals surface area contributed by atoms with Crippen molar-refractivity contribution in [2.45, 2.75) is 225 Å². The Morgan fingerprint density at radius 3 is 0.568 bits per heavy atom. The molecule has 37 heavy (non-hydrogen) atoms. The van der Waals surface area contributed by atoms with Crippen LogP contribution in [0.4, 0.5) is 0 Å². The zero-order chi connectivity index (χ0) is 27.1.